The maximum absolute atomic E-state index is 13.0. The Morgan fingerprint density at radius 2 is 2.11 bits per heavy atom. The quantitative estimate of drug-likeness (QED) is 0.869. The maximum atomic E-state index is 13.0. The molecule has 0 bridgehead atoms. The van der Waals surface area contributed by atoms with Gasteiger partial charge in [0.2, 0.25) is 5.88 Å². The monoisotopic (exact) mass is 266 g/mol. The van der Waals surface area contributed by atoms with Crippen LogP contribution in [-0.2, 0) is 0 Å². The summed E-state index contributed by atoms with van der Waals surface area (Å²) in [6.07, 6.45) is 0. The fourth-order valence-electron chi connectivity index (χ4n) is 1.33. The number of carbonyl (C=O) groups is 1. The van der Waals surface area contributed by atoms with Crippen LogP contribution >= 0.6 is 11.6 Å². The van der Waals surface area contributed by atoms with E-state index < -0.39 is 11.7 Å². The smallest absolute Gasteiger partial charge is 0.254 e. The standard InChI is InChI=1S/C12H8ClFN2O2/c13-10-5-4-9(11(15)17)12(16-10)18-8-3-1-2-7(14)6-8/h1-6H,(H2,15,17). The highest BCUT2D eigenvalue weighted by atomic mass is 35.5. The second-order valence-corrected chi connectivity index (χ2v) is 3.80. The second-order valence-electron chi connectivity index (χ2n) is 3.41. The summed E-state index contributed by atoms with van der Waals surface area (Å²) < 4.78 is 18.3. The number of benzene rings is 1. The molecule has 0 radical (unpaired) electrons. The molecule has 1 amide bonds. The molecule has 1 aromatic carbocycles. The van der Waals surface area contributed by atoms with Crippen LogP contribution in [0.2, 0.25) is 5.15 Å². The number of rotatable bonds is 3. The highest BCUT2D eigenvalue weighted by Gasteiger charge is 2.12. The number of pyridine rings is 1. The second kappa shape index (κ2) is 5.01. The molecule has 0 unspecified atom stereocenters. The molecular weight excluding hydrogens is 259 g/mol. The van der Waals surface area contributed by atoms with Crippen molar-refractivity contribution in [3.63, 3.8) is 0 Å². The van der Waals surface area contributed by atoms with Crippen LogP contribution in [0, 0.1) is 5.82 Å². The van der Waals surface area contributed by atoms with Crippen LogP contribution in [0.1, 0.15) is 10.4 Å². The summed E-state index contributed by atoms with van der Waals surface area (Å²) in [5.41, 5.74) is 5.24. The lowest BCUT2D eigenvalue weighted by molar-refractivity contribution is 0.0997. The molecule has 0 saturated heterocycles. The number of nitrogens with two attached hydrogens (primary N) is 1. The van der Waals surface area contributed by atoms with Crippen molar-refractivity contribution in [2.75, 3.05) is 0 Å². The Morgan fingerprint density at radius 3 is 2.78 bits per heavy atom. The largest absolute Gasteiger partial charge is 0.438 e. The van der Waals surface area contributed by atoms with Gasteiger partial charge in [0.05, 0.1) is 0 Å². The molecule has 0 atom stereocenters. The minimum atomic E-state index is -0.703. The van der Waals surface area contributed by atoms with E-state index in [4.69, 9.17) is 22.1 Å². The summed E-state index contributed by atoms with van der Waals surface area (Å²) in [4.78, 5) is 15.0. The Labute approximate surface area is 107 Å². The molecule has 2 N–H and O–H groups in total. The van der Waals surface area contributed by atoms with E-state index in [1.165, 1.54) is 30.3 Å². The first kappa shape index (κ1) is 12.3. The van der Waals surface area contributed by atoms with Gasteiger partial charge in [0.25, 0.3) is 5.91 Å². The van der Waals surface area contributed by atoms with Gasteiger partial charge in [0.15, 0.2) is 0 Å². The molecule has 18 heavy (non-hydrogen) atoms. The third-order valence-corrected chi connectivity index (χ3v) is 2.31. The molecule has 4 nitrogen and oxygen atoms in total. The van der Waals surface area contributed by atoms with Crippen LogP contribution in [0.15, 0.2) is 36.4 Å². The molecule has 6 heteroatoms. The Kier molecular flexibility index (Phi) is 3.43. The summed E-state index contributed by atoms with van der Waals surface area (Å²) in [5, 5.41) is 0.145. The van der Waals surface area contributed by atoms with Crippen molar-refractivity contribution in [2.45, 2.75) is 0 Å². The minimum Gasteiger partial charge on any atom is -0.438 e. The van der Waals surface area contributed by atoms with Gasteiger partial charge in [0, 0.05) is 6.07 Å². The molecule has 0 aliphatic rings. The third kappa shape index (κ3) is 2.75. The fraction of sp³-hybridized carbons (Fsp3) is 0. The van der Waals surface area contributed by atoms with E-state index in [-0.39, 0.29) is 22.3 Å². The Morgan fingerprint density at radius 1 is 1.33 bits per heavy atom. The normalized spacial score (nSPS) is 10.1. The van der Waals surface area contributed by atoms with E-state index in [1.807, 2.05) is 0 Å². The molecule has 2 aromatic rings. The predicted octanol–water partition coefficient (Wildman–Crippen LogP) is 2.77. The summed E-state index contributed by atoms with van der Waals surface area (Å²) in [6, 6.07) is 8.24. The van der Waals surface area contributed by atoms with E-state index in [0.29, 0.717) is 0 Å². The van der Waals surface area contributed by atoms with Gasteiger partial charge >= 0.3 is 0 Å². The molecule has 1 heterocycles. The van der Waals surface area contributed by atoms with Gasteiger partial charge in [-0.3, -0.25) is 4.79 Å². The van der Waals surface area contributed by atoms with Crippen molar-refractivity contribution >= 4 is 17.5 Å². The van der Waals surface area contributed by atoms with E-state index in [1.54, 1.807) is 0 Å². The number of hydrogen-bond donors (Lipinski definition) is 1. The lowest BCUT2D eigenvalue weighted by Gasteiger charge is -2.08. The fourth-order valence-corrected chi connectivity index (χ4v) is 1.47. The Balaban J connectivity index is 2.39. The Bertz CT molecular complexity index is 604. The molecular formula is C12H8ClFN2O2. The topological polar surface area (TPSA) is 65.2 Å². The number of carbonyl (C=O) groups excluding carboxylic acids is 1. The first-order valence-electron chi connectivity index (χ1n) is 4.96. The zero-order valence-electron chi connectivity index (χ0n) is 9.06. The zero-order chi connectivity index (χ0) is 13.1. The zero-order valence-corrected chi connectivity index (χ0v) is 9.82. The van der Waals surface area contributed by atoms with Crippen molar-refractivity contribution in [1.82, 2.24) is 4.98 Å². The number of nitrogens with zero attached hydrogens (tertiary/aromatic N) is 1. The average Bonchev–Trinajstić information content (AvgIpc) is 2.28. The maximum Gasteiger partial charge on any atom is 0.254 e. The van der Waals surface area contributed by atoms with Gasteiger partial charge in [-0.25, -0.2) is 9.37 Å². The summed E-state index contributed by atoms with van der Waals surface area (Å²) in [6.45, 7) is 0. The molecule has 0 spiro atoms. The predicted molar refractivity (Wildman–Crippen MR) is 64.2 cm³/mol. The number of amides is 1. The van der Waals surface area contributed by atoms with Crippen molar-refractivity contribution < 1.29 is 13.9 Å². The first-order chi connectivity index (χ1) is 8.56. The molecule has 2 rings (SSSR count). The minimum absolute atomic E-state index is 0.0550. The number of halogens is 2. The molecule has 0 fully saturated rings. The molecule has 0 aliphatic carbocycles. The van der Waals surface area contributed by atoms with Crippen LogP contribution in [0.4, 0.5) is 4.39 Å². The SMILES string of the molecule is NC(=O)c1ccc(Cl)nc1Oc1cccc(F)c1. The van der Waals surface area contributed by atoms with Crippen LogP contribution in [-0.4, -0.2) is 10.9 Å². The van der Waals surface area contributed by atoms with Crippen LogP contribution in [0.5, 0.6) is 11.6 Å². The molecule has 0 aliphatic heterocycles. The summed E-state index contributed by atoms with van der Waals surface area (Å²) >= 11 is 5.70. The average molecular weight is 267 g/mol. The molecule has 1 aromatic heterocycles. The van der Waals surface area contributed by atoms with Crippen molar-refractivity contribution in [2.24, 2.45) is 5.73 Å². The van der Waals surface area contributed by atoms with Gasteiger partial charge in [-0.1, -0.05) is 17.7 Å². The van der Waals surface area contributed by atoms with Crippen molar-refractivity contribution in [3.05, 3.63) is 52.9 Å². The Hall–Kier alpha value is -2.14. The van der Waals surface area contributed by atoms with Gasteiger partial charge in [0.1, 0.15) is 22.3 Å². The summed E-state index contributed by atoms with van der Waals surface area (Å²) in [5.74, 6) is -1.02. The van der Waals surface area contributed by atoms with Crippen LogP contribution in [0.25, 0.3) is 0 Å². The third-order valence-electron chi connectivity index (χ3n) is 2.10. The highest BCUT2D eigenvalue weighted by molar-refractivity contribution is 6.29. The van der Waals surface area contributed by atoms with E-state index in [2.05, 4.69) is 4.98 Å². The number of ether oxygens (including phenoxy) is 1. The lowest BCUT2D eigenvalue weighted by Crippen LogP contribution is -2.13. The highest BCUT2D eigenvalue weighted by Crippen LogP contribution is 2.25. The number of primary amides is 1. The van der Waals surface area contributed by atoms with E-state index >= 15 is 0 Å². The lowest BCUT2D eigenvalue weighted by atomic mass is 10.2. The van der Waals surface area contributed by atoms with Crippen LogP contribution < -0.4 is 10.5 Å². The van der Waals surface area contributed by atoms with Gasteiger partial charge in [-0.05, 0) is 24.3 Å². The van der Waals surface area contributed by atoms with E-state index in [0.717, 1.165) is 6.07 Å². The van der Waals surface area contributed by atoms with Gasteiger partial charge < -0.3 is 10.5 Å². The molecule has 92 valence electrons. The van der Waals surface area contributed by atoms with E-state index in [9.17, 15) is 9.18 Å². The van der Waals surface area contributed by atoms with Gasteiger partial charge in [-0.2, -0.15) is 0 Å². The number of hydrogen-bond acceptors (Lipinski definition) is 3. The van der Waals surface area contributed by atoms with Crippen LogP contribution in [0.3, 0.4) is 0 Å². The first-order valence-corrected chi connectivity index (χ1v) is 5.34. The summed E-state index contributed by atoms with van der Waals surface area (Å²) in [7, 11) is 0. The van der Waals surface area contributed by atoms with Crippen molar-refractivity contribution in [1.29, 1.82) is 0 Å². The molecule has 0 saturated carbocycles. The number of aromatic nitrogens is 1. The van der Waals surface area contributed by atoms with Gasteiger partial charge in [-0.15, -0.1) is 0 Å². The van der Waals surface area contributed by atoms with Crippen molar-refractivity contribution in [3.8, 4) is 11.6 Å².